The van der Waals surface area contributed by atoms with Crippen molar-refractivity contribution in [2.45, 2.75) is 19.9 Å². The molecule has 1 N–H and O–H groups in total. The van der Waals surface area contributed by atoms with Gasteiger partial charge in [-0.25, -0.2) is 0 Å². The maximum absolute atomic E-state index is 5.31. The zero-order chi connectivity index (χ0) is 13.3. The Bertz CT molecular complexity index is 467. The monoisotopic (exact) mass is 275 g/mol. The van der Waals surface area contributed by atoms with Gasteiger partial charge in [-0.2, -0.15) is 0 Å². The lowest BCUT2D eigenvalue weighted by Crippen LogP contribution is -2.15. The zero-order valence-corrected chi connectivity index (χ0v) is 12.2. The molecule has 102 valence electrons. The molecule has 3 heteroatoms. The fourth-order valence-electron chi connectivity index (χ4n) is 1.89. The lowest BCUT2D eigenvalue weighted by molar-refractivity contribution is 0.144. The maximum Gasteiger partial charge on any atom is 0.0477 e. The van der Waals surface area contributed by atoms with Gasteiger partial charge < -0.3 is 10.1 Å². The van der Waals surface area contributed by atoms with E-state index in [9.17, 15) is 0 Å². The van der Waals surface area contributed by atoms with Gasteiger partial charge in [0.25, 0.3) is 0 Å². The molecule has 0 amide bonds. The molecule has 0 aliphatic carbocycles. The minimum absolute atomic E-state index is 0.811. The maximum atomic E-state index is 5.31. The SMILES string of the molecule is CCOCCCNCc1ccc(-c2ccccc2)s1. The first-order chi connectivity index (χ1) is 9.40. The average molecular weight is 275 g/mol. The molecule has 0 atom stereocenters. The predicted molar refractivity (Wildman–Crippen MR) is 82.6 cm³/mol. The fraction of sp³-hybridized carbons (Fsp3) is 0.375. The second-order valence-corrected chi connectivity index (χ2v) is 5.53. The fourth-order valence-corrected chi connectivity index (χ4v) is 2.87. The average Bonchev–Trinajstić information content (AvgIpc) is 2.92. The topological polar surface area (TPSA) is 21.3 Å². The molecule has 0 saturated carbocycles. The Balaban J connectivity index is 1.75. The van der Waals surface area contributed by atoms with E-state index < -0.39 is 0 Å². The van der Waals surface area contributed by atoms with Crippen molar-refractivity contribution in [2.24, 2.45) is 0 Å². The minimum Gasteiger partial charge on any atom is -0.382 e. The van der Waals surface area contributed by atoms with Crippen LogP contribution < -0.4 is 5.32 Å². The number of hydrogen-bond acceptors (Lipinski definition) is 3. The van der Waals surface area contributed by atoms with Crippen molar-refractivity contribution in [2.75, 3.05) is 19.8 Å². The molecule has 0 saturated heterocycles. The summed E-state index contributed by atoms with van der Waals surface area (Å²) >= 11 is 1.86. The van der Waals surface area contributed by atoms with Crippen LogP contribution in [0.4, 0.5) is 0 Å². The van der Waals surface area contributed by atoms with E-state index in [1.54, 1.807) is 0 Å². The van der Waals surface area contributed by atoms with Crippen molar-refractivity contribution < 1.29 is 4.74 Å². The Morgan fingerprint density at radius 3 is 2.74 bits per heavy atom. The molecule has 0 radical (unpaired) electrons. The van der Waals surface area contributed by atoms with Gasteiger partial charge in [-0.15, -0.1) is 11.3 Å². The van der Waals surface area contributed by atoms with E-state index in [4.69, 9.17) is 4.74 Å². The summed E-state index contributed by atoms with van der Waals surface area (Å²) in [6.07, 6.45) is 1.07. The van der Waals surface area contributed by atoms with Gasteiger partial charge in [-0.3, -0.25) is 0 Å². The molecule has 2 rings (SSSR count). The van der Waals surface area contributed by atoms with Gasteiger partial charge in [0.15, 0.2) is 0 Å². The molecule has 0 fully saturated rings. The third kappa shape index (κ3) is 4.78. The Morgan fingerprint density at radius 1 is 1.11 bits per heavy atom. The van der Waals surface area contributed by atoms with Crippen LogP contribution in [0.3, 0.4) is 0 Å². The van der Waals surface area contributed by atoms with Crippen molar-refractivity contribution in [1.29, 1.82) is 0 Å². The molecule has 2 nitrogen and oxygen atoms in total. The van der Waals surface area contributed by atoms with E-state index in [-0.39, 0.29) is 0 Å². The van der Waals surface area contributed by atoms with Crippen molar-refractivity contribution in [1.82, 2.24) is 5.32 Å². The number of benzene rings is 1. The molecule has 2 aromatic rings. The summed E-state index contributed by atoms with van der Waals surface area (Å²) in [5.41, 5.74) is 1.30. The second-order valence-electron chi connectivity index (χ2n) is 4.36. The van der Waals surface area contributed by atoms with Gasteiger partial charge in [0.2, 0.25) is 0 Å². The van der Waals surface area contributed by atoms with Gasteiger partial charge in [0.05, 0.1) is 0 Å². The molecule has 0 spiro atoms. The largest absolute Gasteiger partial charge is 0.382 e. The van der Waals surface area contributed by atoms with Gasteiger partial charge in [0, 0.05) is 29.5 Å². The number of thiophene rings is 1. The molecule has 0 aliphatic heterocycles. The molecule has 0 aliphatic rings. The normalized spacial score (nSPS) is 10.8. The van der Waals surface area contributed by atoms with Crippen molar-refractivity contribution >= 4 is 11.3 Å². The first-order valence-corrected chi connectivity index (χ1v) is 7.64. The molecular weight excluding hydrogens is 254 g/mol. The Hall–Kier alpha value is -1.16. The van der Waals surface area contributed by atoms with Crippen molar-refractivity contribution in [3.8, 4) is 10.4 Å². The highest BCUT2D eigenvalue weighted by Gasteiger charge is 2.01. The predicted octanol–water partition coefficient (Wildman–Crippen LogP) is 3.93. The smallest absolute Gasteiger partial charge is 0.0477 e. The van der Waals surface area contributed by atoms with Crippen LogP contribution in [0.2, 0.25) is 0 Å². The van der Waals surface area contributed by atoms with Gasteiger partial charge in [-0.05, 0) is 37.6 Å². The van der Waals surface area contributed by atoms with Gasteiger partial charge >= 0.3 is 0 Å². The van der Waals surface area contributed by atoms with Crippen molar-refractivity contribution in [3.63, 3.8) is 0 Å². The zero-order valence-electron chi connectivity index (χ0n) is 11.4. The molecule has 1 heterocycles. The first-order valence-electron chi connectivity index (χ1n) is 6.82. The summed E-state index contributed by atoms with van der Waals surface area (Å²) in [5, 5.41) is 3.46. The quantitative estimate of drug-likeness (QED) is 0.737. The minimum atomic E-state index is 0.811. The Labute approximate surface area is 119 Å². The molecule has 1 aromatic carbocycles. The first kappa shape index (κ1) is 14.3. The lowest BCUT2D eigenvalue weighted by Gasteiger charge is -2.03. The number of hydrogen-bond donors (Lipinski definition) is 1. The van der Waals surface area contributed by atoms with Crippen LogP contribution in [0, 0.1) is 0 Å². The highest BCUT2D eigenvalue weighted by molar-refractivity contribution is 7.15. The van der Waals surface area contributed by atoms with Crippen LogP contribution in [-0.2, 0) is 11.3 Å². The number of ether oxygens (including phenoxy) is 1. The molecule has 0 unspecified atom stereocenters. The van der Waals surface area contributed by atoms with Crippen LogP contribution in [0.15, 0.2) is 42.5 Å². The number of rotatable bonds is 8. The van der Waals surface area contributed by atoms with E-state index in [0.717, 1.165) is 32.7 Å². The second kappa shape index (κ2) is 8.10. The summed E-state index contributed by atoms with van der Waals surface area (Å²) < 4.78 is 5.31. The van der Waals surface area contributed by atoms with Crippen LogP contribution in [0.5, 0.6) is 0 Å². The highest BCUT2D eigenvalue weighted by Crippen LogP contribution is 2.27. The van der Waals surface area contributed by atoms with Crippen LogP contribution in [0.25, 0.3) is 10.4 Å². The van der Waals surface area contributed by atoms with E-state index >= 15 is 0 Å². The van der Waals surface area contributed by atoms with Crippen LogP contribution >= 0.6 is 11.3 Å². The van der Waals surface area contributed by atoms with E-state index in [1.165, 1.54) is 15.3 Å². The lowest BCUT2D eigenvalue weighted by atomic mass is 10.2. The Kier molecular flexibility index (Phi) is 6.08. The van der Waals surface area contributed by atoms with Gasteiger partial charge in [-0.1, -0.05) is 30.3 Å². The third-order valence-corrected chi connectivity index (χ3v) is 4.00. The third-order valence-electron chi connectivity index (χ3n) is 2.87. The summed E-state index contributed by atoms with van der Waals surface area (Å²) in [5.74, 6) is 0. The summed E-state index contributed by atoms with van der Waals surface area (Å²) in [6, 6.07) is 15.0. The van der Waals surface area contributed by atoms with Crippen LogP contribution in [0.1, 0.15) is 18.2 Å². The summed E-state index contributed by atoms with van der Waals surface area (Å²) in [7, 11) is 0. The summed E-state index contributed by atoms with van der Waals surface area (Å²) in [6.45, 7) is 5.65. The summed E-state index contributed by atoms with van der Waals surface area (Å²) in [4.78, 5) is 2.72. The standard InChI is InChI=1S/C16H21NOS/c1-2-18-12-6-11-17-13-15-9-10-16(19-15)14-7-4-3-5-8-14/h3-5,7-10,17H,2,6,11-13H2,1H3. The molecule has 1 aromatic heterocycles. The van der Waals surface area contributed by atoms with E-state index in [0.29, 0.717) is 0 Å². The van der Waals surface area contributed by atoms with Crippen LogP contribution in [-0.4, -0.2) is 19.8 Å². The highest BCUT2D eigenvalue weighted by atomic mass is 32.1. The molecule has 19 heavy (non-hydrogen) atoms. The molecular formula is C16H21NOS. The van der Waals surface area contributed by atoms with Gasteiger partial charge in [0.1, 0.15) is 0 Å². The molecule has 0 bridgehead atoms. The Morgan fingerprint density at radius 2 is 1.95 bits per heavy atom. The van der Waals surface area contributed by atoms with E-state index in [2.05, 4.69) is 47.8 Å². The van der Waals surface area contributed by atoms with Crippen molar-refractivity contribution in [3.05, 3.63) is 47.3 Å². The van der Waals surface area contributed by atoms with E-state index in [1.807, 2.05) is 18.3 Å². The number of nitrogens with one attached hydrogen (secondary N) is 1.